The van der Waals surface area contributed by atoms with Crippen LogP contribution in [0.25, 0.3) is 0 Å². The molecule has 4 N–H and O–H groups in total. The van der Waals surface area contributed by atoms with Gasteiger partial charge in [-0.25, -0.2) is 4.79 Å². The van der Waals surface area contributed by atoms with Crippen LogP contribution in [0.15, 0.2) is 15.6 Å². The molecule has 2 atom stereocenters. The van der Waals surface area contributed by atoms with Gasteiger partial charge in [0.05, 0.1) is 5.75 Å². The van der Waals surface area contributed by atoms with Gasteiger partial charge in [0.15, 0.2) is 4.34 Å². The number of thioether (sulfide) groups is 3. The van der Waals surface area contributed by atoms with Crippen LogP contribution in [0.3, 0.4) is 0 Å². The van der Waals surface area contributed by atoms with Crippen molar-refractivity contribution in [2.24, 2.45) is 5.73 Å². The monoisotopic (exact) mass is 447 g/mol. The van der Waals surface area contributed by atoms with Gasteiger partial charge in [0.2, 0.25) is 5.91 Å². The summed E-state index contributed by atoms with van der Waals surface area (Å²) in [4.78, 5) is 37.3. The quantitative estimate of drug-likeness (QED) is 0.374. The number of carboxylic acid groups (broad SMARTS) is 1. The van der Waals surface area contributed by atoms with E-state index >= 15 is 0 Å². The fourth-order valence-corrected chi connectivity index (χ4v) is 6.27. The number of β-lactam (4-membered cyclic amide) rings is 1. The molecule has 146 valence electrons. The van der Waals surface area contributed by atoms with Crippen molar-refractivity contribution < 1.29 is 19.5 Å². The minimum atomic E-state index is -1.14. The van der Waals surface area contributed by atoms with E-state index in [1.165, 1.54) is 51.5 Å². The Balaban J connectivity index is 1.71. The predicted octanol–water partition coefficient (Wildman–Crippen LogP) is 0.191. The summed E-state index contributed by atoms with van der Waals surface area (Å²) in [6.07, 6.45) is 1.80. The lowest BCUT2D eigenvalue weighted by atomic mass is 10.0. The van der Waals surface area contributed by atoms with E-state index in [-0.39, 0.29) is 28.6 Å². The normalized spacial score (nSPS) is 21.7. The molecule has 1 saturated heterocycles. The molecule has 9 nitrogen and oxygen atoms in total. The Morgan fingerprint density at radius 3 is 2.85 bits per heavy atom. The number of nitrogens with one attached hydrogen (secondary N) is 1. The maximum Gasteiger partial charge on any atom is 0.352 e. The molecular formula is C14H17N5O4S4. The molecule has 2 unspecified atom stereocenters. The fraction of sp³-hybridized carbons (Fsp3) is 0.500. The SMILES string of the molecule is CSCC(=O)NC1C(=O)N2C(C(=O)O)=C(CSc3nnc(CN)s3)CSC12. The van der Waals surface area contributed by atoms with Gasteiger partial charge in [0.1, 0.15) is 22.1 Å². The van der Waals surface area contributed by atoms with E-state index in [0.717, 1.165) is 0 Å². The van der Waals surface area contributed by atoms with Crippen LogP contribution in [0.5, 0.6) is 0 Å². The lowest BCUT2D eigenvalue weighted by molar-refractivity contribution is -0.150. The summed E-state index contributed by atoms with van der Waals surface area (Å²) in [6, 6.07) is -0.673. The fourth-order valence-electron chi connectivity index (χ4n) is 2.67. The number of carbonyl (C=O) groups is 3. The van der Waals surface area contributed by atoms with E-state index in [0.29, 0.717) is 33.0 Å². The Morgan fingerprint density at radius 2 is 2.22 bits per heavy atom. The third kappa shape index (κ3) is 4.26. The van der Waals surface area contributed by atoms with Gasteiger partial charge in [-0.05, 0) is 11.8 Å². The van der Waals surface area contributed by atoms with Gasteiger partial charge in [-0.1, -0.05) is 23.1 Å². The van der Waals surface area contributed by atoms with Crippen molar-refractivity contribution >= 4 is 64.4 Å². The van der Waals surface area contributed by atoms with E-state index in [4.69, 9.17) is 5.73 Å². The topological polar surface area (TPSA) is 139 Å². The lowest BCUT2D eigenvalue weighted by Gasteiger charge is -2.49. The number of carboxylic acids is 1. The smallest absolute Gasteiger partial charge is 0.352 e. The first-order valence-corrected chi connectivity index (χ1v) is 12.0. The van der Waals surface area contributed by atoms with Gasteiger partial charge in [-0.3, -0.25) is 14.5 Å². The number of rotatable bonds is 8. The number of nitrogens with two attached hydrogens (primary N) is 1. The lowest BCUT2D eigenvalue weighted by Crippen LogP contribution is -2.70. The molecule has 13 heteroatoms. The Labute approximate surface area is 171 Å². The van der Waals surface area contributed by atoms with Crippen LogP contribution in [0.1, 0.15) is 5.01 Å². The second kappa shape index (κ2) is 8.82. The summed E-state index contributed by atoms with van der Waals surface area (Å²) in [5, 5.41) is 20.6. The number of hydrogen-bond acceptors (Lipinski definition) is 10. The minimum absolute atomic E-state index is 0.00943. The van der Waals surface area contributed by atoms with Gasteiger partial charge in [-0.15, -0.1) is 22.0 Å². The Hall–Kier alpha value is -1.28. The average molecular weight is 448 g/mol. The molecular weight excluding hydrogens is 430 g/mol. The molecule has 2 aliphatic rings. The summed E-state index contributed by atoms with van der Waals surface area (Å²) in [7, 11) is 0. The van der Waals surface area contributed by atoms with Crippen molar-refractivity contribution in [2.75, 3.05) is 23.5 Å². The summed E-state index contributed by atoms with van der Waals surface area (Å²) in [5.41, 5.74) is 6.18. The highest BCUT2D eigenvalue weighted by atomic mass is 32.2. The van der Waals surface area contributed by atoms with Crippen LogP contribution in [-0.2, 0) is 20.9 Å². The molecule has 2 aliphatic heterocycles. The number of hydrogen-bond donors (Lipinski definition) is 3. The van der Waals surface area contributed by atoms with Gasteiger partial charge < -0.3 is 16.2 Å². The van der Waals surface area contributed by atoms with E-state index in [1.807, 2.05) is 0 Å². The number of fused-ring (bicyclic) bond motifs is 1. The third-order valence-electron chi connectivity index (χ3n) is 3.83. The third-order valence-corrected chi connectivity index (χ3v) is 7.89. The minimum Gasteiger partial charge on any atom is -0.477 e. The van der Waals surface area contributed by atoms with Crippen molar-refractivity contribution in [3.63, 3.8) is 0 Å². The van der Waals surface area contributed by atoms with E-state index in [9.17, 15) is 19.5 Å². The first-order valence-electron chi connectivity index (χ1n) is 7.79. The molecule has 0 radical (unpaired) electrons. The van der Waals surface area contributed by atoms with Crippen LogP contribution in [0, 0.1) is 0 Å². The standard InChI is InChI=1S/C14H17N5O4S4/c1-24-5-7(20)16-9-11(21)19-10(13(22)23)6(3-25-12(9)19)4-26-14-18-17-8(2-15)27-14/h9,12H,2-5,15H2,1H3,(H,16,20)(H,22,23). The number of nitrogens with zero attached hydrogens (tertiary/aromatic N) is 3. The Morgan fingerprint density at radius 1 is 1.44 bits per heavy atom. The van der Waals surface area contributed by atoms with Gasteiger partial charge in [-0.2, -0.15) is 11.8 Å². The highest BCUT2D eigenvalue weighted by Gasteiger charge is 2.54. The molecule has 0 spiro atoms. The summed E-state index contributed by atoms with van der Waals surface area (Å²) in [6.45, 7) is 0.310. The highest BCUT2D eigenvalue weighted by molar-refractivity contribution is 8.01. The summed E-state index contributed by atoms with van der Waals surface area (Å²) in [5.74, 6) is -0.623. The first kappa shape index (κ1) is 20.5. The number of carbonyl (C=O) groups excluding carboxylic acids is 2. The van der Waals surface area contributed by atoms with Gasteiger partial charge >= 0.3 is 5.97 Å². The van der Waals surface area contributed by atoms with Crippen molar-refractivity contribution in [1.29, 1.82) is 0 Å². The molecule has 2 amide bonds. The van der Waals surface area contributed by atoms with Crippen molar-refractivity contribution in [2.45, 2.75) is 22.3 Å². The van der Waals surface area contributed by atoms with Crippen LogP contribution in [-0.4, -0.2) is 72.9 Å². The molecule has 1 aromatic heterocycles. The highest BCUT2D eigenvalue weighted by Crippen LogP contribution is 2.41. The van der Waals surface area contributed by atoms with Crippen LogP contribution in [0.4, 0.5) is 0 Å². The van der Waals surface area contributed by atoms with Crippen LogP contribution in [0.2, 0.25) is 0 Å². The van der Waals surface area contributed by atoms with Gasteiger partial charge in [0, 0.05) is 18.1 Å². The second-order valence-corrected chi connectivity index (χ2v) is 9.86. The largest absolute Gasteiger partial charge is 0.477 e. The van der Waals surface area contributed by atoms with Crippen molar-refractivity contribution in [3.05, 3.63) is 16.3 Å². The molecule has 0 aliphatic carbocycles. The molecule has 3 rings (SSSR count). The molecule has 0 saturated carbocycles. The summed E-state index contributed by atoms with van der Waals surface area (Å²) >= 11 is 5.56. The van der Waals surface area contributed by atoms with Crippen molar-refractivity contribution in [3.8, 4) is 0 Å². The predicted molar refractivity (Wildman–Crippen MR) is 107 cm³/mol. The number of aliphatic carboxylic acids is 1. The van der Waals surface area contributed by atoms with E-state index < -0.39 is 12.0 Å². The zero-order valence-electron chi connectivity index (χ0n) is 14.2. The van der Waals surface area contributed by atoms with Gasteiger partial charge in [0.25, 0.3) is 5.91 Å². The second-order valence-electron chi connectivity index (χ2n) is 5.60. The molecule has 1 aromatic rings. The van der Waals surface area contributed by atoms with E-state index in [1.54, 1.807) is 6.26 Å². The summed E-state index contributed by atoms with van der Waals surface area (Å²) < 4.78 is 0.706. The van der Waals surface area contributed by atoms with E-state index in [2.05, 4.69) is 15.5 Å². The van der Waals surface area contributed by atoms with Crippen molar-refractivity contribution in [1.82, 2.24) is 20.4 Å². The average Bonchev–Trinajstić information content (AvgIpc) is 3.11. The number of amides is 2. The zero-order valence-corrected chi connectivity index (χ0v) is 17.5. The molecule has 3 heterocycles. The Bertz CT molecular complexity index is 798. The molecule has 27 heavy (non-hydrogen) atoms. The molecule has 0 bridgehead atoms. The first-order chi connectivity index (χ1) is 13.0. The molecule has 1 fully saturated rings. The maximum atomic E-state index is 12.5. The maximum absolute atomic E-state index is 12.5. The zero-order chi connectivity index (χ0) is 19.6. The Kier molecular flexibility index (Phi) is 6.68. The number of aromatic nitrogens is 2. The molecule has 0 aromatic carbocycles. The van der Waals surface area contributed by atoms with Crippen LogP contribution >= 0.6 is 46.6 Å². The van der Waals surface area contributed by atoms with Crippen LogP contribution < -0.4 is 11.1 Å².